The number of hydrogen-bond donors (Lipinski definition) is 2. The minimum absolute atomic E-state index is 0.00228. The third-order valence-electron chi connectivity index (χ3n) is 4.97. The number of nitrogens with one attached hydrogen (secondary N) is 1. The van der Waals surface area contributed by atoms with Gasteiger partial charge in [-0.25, -0.2) is 13.9 Å². The van der Waals surface area contributed by atoms with Crippen molar-refractivity contribution >= 4 is 15.7 Å². The Balaban J connectivity index is 2.30. The van der Waals surface area contributed by atoms with Gasteiger partial charge in [0.15, 0.2) is 14.6 Å². The van der Waals surface area contributed by atoms with Crippen LogP contribution in [0.15, 0.2) is 41.3 Å². The van der Waals surface area contributed by atoms with Gasteiger partial charge in [-0.05, 0) is 55.2 Å². The van der Waals surface area contributed by atoms with Crippen LogP contribution in [0.5, 0.6) is 5.75 Å². The number of carbonyl (C=O) groups excluding carboxylic acids is 1. The number of sulfone groups is 1. The molecule has 1 aromatic carbocycles. The Hall–Kier alpha value is -2.65. The van der Waals surface area contributed by atoms with Crippen LogP contribution in [0.1, 0.15) is 18.9 Å². The molecule has 152 valence electrons. The van der Waals surface area contributed by atoms with Gasteiger partial charge in [-0.2, -0.15) is 0 Å². The van der Waals surface area contributed by atoms with E-state index in [0.29, 0.717) is 0 Å². The summed E-state index contributed by atoms with van der Waals surface area (Å²) in [4.78, 5) is 24.4. The summed E-state index contributed by atoms with van der Waals surface area (Å²) < 4.78 is 28.7. The van der Waals surface area contributed by atoms with Gasteiger partial charge in [-0.1, -0.05) is 6.07 Å². The molecule has 0 unspecified atom stereocenters. The lowest BCUT2D eigenvalue weighted by Gasteiger charge is -2.25. The van der Waals surface area contributed by atoms with Crippen LogP contribution in [0.3, 0.4) is 0 Å². The summed E-state index contributed by atoms with van der Waals surface area (Å²) in [7, 11) is -2.24. The fourth-order valence-corrected chi connectivity index (χ4v) is 3.71. The Morgan fingerprint density at radius 1 is 1.29 bits per heavy atom. The quantitative estimate of drug-likeness (QED) is 0.530. The van der Waals surface area contributed by atoms with Gasteiger partial charge < -0.3 is 9.30 Å². The maximum absolute atomic E-state index is 12.5. The highest BCUT2D eigenvalue weighted by molar-refractivity contribution is 7.92. The summed E-state index contributed by atoms with van der Waals surface area (Å²) in [6.45, 7) is 3.13. The van der Waals surface area contributed by atoms with Crippen molar-refractivity contribution in [2.75, 3.05) is 13.4 Å². The Bertz CT molecular complexity index is 1040. The molecule has 2 rings (SSSR count). The predicted molar refractivity (Wildman–Crippen MR) is 105 cm³/mol. The highest BCUT2D eigenvalue weighted by atomic mass is 32.2. The highest BCUT2D eigenvalue weighted by Crippen LogP contribution is 2.26. The van der Waals surface area contributed by atoms with E-state index in [-0.39, 0.29) is 18.5 Å². The van der Waals surface area contributed by atoms with E-state index in [2.05, 4.69) is 0 Å². The number of hydroxylamine groups is 1. The molecule has 0 spiro atoms. The molecule has 1 amide bonds. The van der Waals surface area contributed by atoms with Crippen molar-refractivity contribution in [2.24, 2.45) is 0 Å². The number of methoxy groups -OCH3 is 1. The first-order chi connectivity index (χ1) is 13.0. The van der Waals surface area contributed by atoms with E-state index in [4.69, 9.17) is 9.94 Å². The first kappa shape index (κ1) is 21.6. The number of carbonyl (C=O) groups is 1. The fourth-order valence-electron chi connectivity index (χ4n) is 2.87. The molecule has 0 fully saturated rings. The highest BCUT2D eigenvalue weighted by Gasteiger charge is 2.43. The second-order valence-corrected chi connectivity index (χ2v) is 9.27. The van der Waals surface area contributed by atoms with E-state index >= 15 is 0 Å². The lowest BCUT2D eigenvalue weighted by atomic mass is 10.0. The Labute approximate surface area is 163 Å². The topological polar surface area (TPSA) is 115 Å². The molecule has 2 aromatic rings. The lowest BCUT2D eigenvalue weighted by molar-refractivity contribution is -0.131. The van der Waals surface area contributed by atoms with E-state index in [9.17, 15) is 18.0 Å². The van der Waals surface area contributed by atoms with Crippen molar-refractivity contribution in [3.8, 4) is 16.9 Å². The lowest BCUT2D eigenvalue weighted by Crippen LogP contribution is -2.49. The number of pyridine rings is 1. The van der Waals surface area contributed by atoms with Gasteiger partial charge in [0.2, 0.25) is 0 Å². The second-order valence-electron chi connectivity index (χ2n) is 6.82. The van der Waals surface area contributed by atoms with Crippen LogP contribution in [-0.2, 0) is 21.2 Å². The minimum atomic E-state index is -3.82. The van der Waals surface area contributed by atoms with Crippen LogP contribution in [0.4, 0.5) is 0 Å². The average molecular weight is 408 g/mol. The molecule has 9 heteroatoms. The summed E-state index contributed by atoms with van der Waals surface area (Å²) in [5.74, 6) is -0.315. The van der Waals surface area contributed by atoms with Crippen LogP contribution >= 0.6 is 0 Å². The zero-order valence-electron chi connectivity index (χ0n) is 16.2. The summed E-state index contributed by atoms with van der Waals surface area (Å²) in [6.07, 6.45) is 2.31. The van der Waals surface area contributed by atoms with Crippen LogP contribution in [0.2, 0.25) is 0 Å². The fraction of sp³-hybridized carbons (Fsp3) is 0.368. The monoisotopic (exact) mass is 408 g/mol. The summed E-state index contributed by atoms with van der Waals surface area (Å²) in [5, 5.41) is 8.87. The standard InChI is InChI=1S/C19H24N2O6S/c1-13-11-15(27-3)5-6-16(13)14-7-9-21(17(22)12-14)10-8-19(2,18(23)20-24)28(4,25)26/h5-7,9,11-12,24H,8,10H2,1-4H3,(H,20,23)/t19-/m1/s1. The van der Waals surface area contributed by atoms with Crippen molar-refractivity contribution in [3.63, 3.8) is 0 Å². The molecule has 0 bridgehead atoms. The predicted octanol–water partition coefficient (Wildman–Crippen LogP) is 1.53. The normalized spacial score (nSPS) is 13.6. The molecule has 0 saturated carbocycles. The molecule has 1 aromatic heterocycles. The van der Waals surface area contributed by atoms with Gasteiger partial charge in [0, 0.05) is 25.1 Å². The number of rotatable bonds is 7. The first-order valence-electron chi connectivity index (χ1n) is 8.53. The van der Waals surface area contributed by atoms with Gasteiger partial charge in [0.1, 0.15) is 5.75 Å². The number of aryl methyl sites for hydroxylation is 2. The molecule has 28 heavy (non-hydrogen) atoms. The molecule has 8 nitrogen and oxygen atoms in total. The smallest absolute Gasteiger partial charge is 0.264 e. The maximum Gasteiger partial charge on any atom is 0.264 e. The minimum Gasteiger partial charge on any atom is -0.497 e. The Kier molecular flexibility index (Phi) is 6.30. The molecule has 0 saturated heterocycles. The number of aromatic nitrogens is 1. The molecular weight excluding hydrogens is 384 g/mol. The van der Waals surface area contributed by atoms with Crippen LogP contribution in [-0.4, -0.2) is 42.2 Å². The molecule has 0 aliphatic heterocycles. The molecule has 0 aliphatic rings. The van der Waals surface area contributed by atoms with Gasteiger partial charge in [0.25, 0.3) is 11.5 Å². The van der Waals surface area contributed by atoms with Crippen LogP contribution < -0.4 is 15.8 Å². The van der Waals surface area contributed by atoms with Gasteiger partial charge in [-0.15, -0.1) is 0 Å². The van der Waals surface area contributed by atoms with Gasteiger partial charge >= 0.3 is 0 Å². The van der Waals surface area contributed by atoms with Crippen LogP contribution in [0, 0.1) is 6.92 Å². The Morgan fingerprint density at radius 2 is 1.96 bits per heavy atom. The average Bonchev–Trinajstić information content (AvgIpc) is 2.64. The van der Waals surface area contributed by atoms with Crippen molar-refractivity contribution in [1.29, 1.82) is 0 Å². The largest absolute Gasteiger partial charge is 0.497 e. The van der Waals surface area contributed by atoms with E-state index in [0.717, 1.165) is 28.7 Å². The Morgan fingerprint density at radius 3 is 2.46 bits per heavy atom. The molecule has 1 atom stereocenters. The van der Waals surface area contributed by atoms with Gasteiger partial charge in [-0.3, -0.25) is 14.8 Å². The summed E-state index contributed by atoms with van der Waals surface area (Å²) in [5.41, 5.74) is 3.62. The van der Waals surface area contributed by atoms with E-state index in [1.807, 2.05) is 19.1 Å². The number of ether oxygens (including phenoxy) is 1. The van der Waals surface area contributed by atoms with Crippen molar-refractivity contribution in [3.05, 3.63) is 52.4 Å². The maximum atomic E-state index is 12.5. The first-order valence-corrected chi connectivity index (χ1v) is 10.4. The van der Waals surface area contributed by atoms with Crippen molar-refractivity contribution in [2.45, 2.75) is 31.6 Å². The number of benzene rings is 1. The number of amides is 1. The molecule has 1 heterocycles. The second kappa shape index (κ2) is 8.15. The number of nitrogens with zero attached hydrogens (tertiary/aromatic N) is 1. The summed E-state index contributed by atoms with van der Waals surface area (Å²) >= 11 is 0. The molecular formula is C19H24N2O6S. The third kappa shape index (κ3) is 4.26. The van der Waals surface area contributed by atoms with E-state index in [1.54, 1.807) is 25.4 Å². The van der Waals surface area contributed by atoms with Crippen LogP contribution in [0.25, 0.3) is 11.1 Å². The number of hydrogen-bond acceptors (Lipinski definition) is 6. The van der Waals surface area contributed by atoms with Crippen molar-refractivity contribution < 1.29 is 23.2 Å². The zero-order valence-corrected chi connectivity index (χ0v) is 17.0. The zero-order chi connectivity index (χ0) is 21.1. The molecule has 0 radical (unpaired) electrons. The third-order valence-corrected chi connectivity index (χ3v) is 7.00. The summed E-state index contributed by atoms with van der Waals surface area (Å²) in [6, 6.07) is 8.74. The van der Waals surface area contributed by atoms with Crippen molar-refractivity contribution in [1.82, 2.24) is 10.0 Å². The molecule has 2 N–H and O–H groups in total. The molecule has 0 aliphatic carbocycles. The van der Waals surface area contributed by atoms with E-state index in [1.165, 1.54) is 23.0 Å². The SMILES string of the molecule is COc1ccc(-c2ccn(CC[C@](C)(C(=O)NO)S(C)(=O)=O)c(=O)c2)c(C)c1. The van der Waals surface area contributed by atoms with E-state index < -0.39 is 20.5 Å². The van der Waals surface area contributed by atoms with Gasteiger partial charge in [0.05, 0.1) is 7.11 Å².